The first-order valence-corrected chi connectivity index (χ1v) is 9.62. The minimum absolute atomic E-state index is 0.0680. The Labute approximate surface area is 177 Å². The Morgan fingerprint density at radius 1 is 1.37 bits per heavy atom. The zero-order chi connectivity index (χ0) is 21.9. The summed E-state index contributed by atoms with van der Waals surface area (Å²) in [5, 5.41) is 0. The second-order valence-electron chi connectivity index (χ2n) is 6.49. The van der Waals surface area contributed by atoms with Crippen LogP contribution < -0.4 is 15.9 Å². The number of H-pyrrole nitrogens is 1. The third kappa shape index (κ3) is 5.25. The molecule has 3 rings (SSSR count). The van der Waals surface area contributed by atoms with E-state index < -0.39 is 29.3 Å². The van der Waals surface area contributed by atoms with Crippen molar-refractivity contribution in [3.63, 3.8) is 0 Å². The summed E-state index contributed by atoms with van der Waals surface area (Å²) in [5.41, 5.74) is 0.228. The molecule has 2 N–H and O–H groups in total. The highest BCUT2D eigenvalue weighted by atomic mass is 79.9. The number of rotatable bonds is 5. The fraction of sp³-hybridized carbons (Fsp3) is 0.333. The largest absolute Gasteiger partial charge is 0.421 e. The lowest BCUT2D eigenvalue weighted by Crippen LogP contribution is -2.35. The maximum atomic E-state index is 12.9. The number of halogens is 4. The predicted octanol–water partition coefficient (Wildman–Crippen LogP) is 2.89. The molecule has 3 heterocycles. The van der Waals surface area contributed by atoms with Gasteiger partial charge in [-0.25, -0.2) is 15.4 Å². The fourth-order valence-electron chi connectivity index (χ4n) is 2.75. The first-order valence-electron chi connectivity index (χ1n) is 8.82. The van der Waals surface area contributed by atoms with Crippen LogP contribution in [0.3, 0.4) is 0 Å². The molecule has 160 valence electrons. The predicted molar refractivity (Wildman–Crippen MR) is 104 cm³/mol. The Kier molecular flexibility index (Phi) is 6.56. The third-order valence-electron chi connectivity index (χ3n) is 4.42. The standard InChI is InChI=1S/C18H17BrF3N5O3/c1-10(12-6-14(18(20,21)22)16(29)23-7-12)30-26-15(28)11-2-4-27(5-3-11)17-24-8-13(19)9-25-17/h2,6-10H,3-5H2,1H3,(H,23,29)(H,26,28). The molecule has 0 aromatic carbocycles. The van der Waals surface area contributed by atoms with Crippen LogP contribution in [0.25, 0.3) is 0 Å². The van der Waals surface area contributed by atoms with E-state index in [1.54, 1.807) is 18.5 Å². The van der Waals surface area contributed by atoms with E-state index in [1.807, 2.05) is 9.88 Å². The number of carbonyl (C=O) groups is 1. The molecule has 1 amide bonds. The zero-order valence-corrected chi connectivity index (χ0v) is 17.2. The van der Waals surface area contributed by atoms with E-state index in [4.69, 9.17) is 4.84 Å². The Balaban J connectivity index is 1.58. The topological polar surface area (TPSA) is 100 Å². The number of aromatic amines is 1. The van der Waals surface area contributed by atoms with Gasteiger partial charge in [-0.1, -0.05) is 6.08 Å². The molecule has 0 saturated heterocycles. The van der Waals surface area contributed by atoms with Crippen LogP contribution in [-0.4, -0.2) is 33.9 Å². The van der Waals surface area contributed by atoms with Gasteiger partial charge in [-0.15, -0.1) is 0 Å². The second-order valence-corrected chi connectivity index (χ2v) is 7.41. The van der Waals surface area contributed by atoms with E-state index in [-0.39, 0.29) is 5.56 Å². The van der Waals surface area contributed by atoms with Gasteiger partial charge < -0.3 is 9.88 Å². The van der Waals surface area contributed by atoms with Crippen LogP contribution in [0.2, 0.25) is 0 Å². The molecule has 30 heavy (non-hydrogen) atoms. The number of alkyl halides is 3. The summed E-state index contributed by atoms with van der Waals surface area (Å²) < 4.78 is 39.4. The fourth-order valence-corrected chi connectivity index (χ4v) is 2.95. The second kappa shape index (κ2) is 8.96. The number of carbonyl (C=O) groups excluding carboxylic acids is 1. The van der Waals surface area contributed by atoms with Gasteiger partial charge in [0.05, 0.1) is 4.47 Å². The van der Waals surface area contributed by atoms with Gasteiger partial charge in [0.1, 0.15) is 11.7 Å². The minimum Gasteiger partial charge on any atom is -0.337 e. The van der Waals surface area contributed by atoms with Crippen molar-refractivity contribution in [3.05, 3.63) is 62.3 Å². The van der Waals surface area contributed by atoms with Gasteiger partial charge in [-0.05, 0) is 35.3 Å². The van der Waals surface area contributed by atoms with Crippen molar-refractivity contribution in [2.24, 2.45) is 0 Å². The maximum absolute atomic E-state index is 12.9. The number of nitrogens with zero attached hydrogens (tertiary/aromatic N) is 3. The molecule has 1 atom stereocenters. The third-order valence-corrected chi connectivity index (χ3v) is 4.83. The van der Waals surface area contributed by atoms with Crippen LogP contribution in [0.15, 0.2) is 45.6 Å². The van der Waals surface area contributed by atoms with Crippen LogP contribution in [0.5, 0.6) is 0 Å². The number of anilines is 1. The highest BCUT2D eigenvalue weighted by Gasteiger charge is 2.34. The normalized spacial score (nSPS) is 15.5. The number of hydrogen-bond acceptors (Lipinski definition) is 6. The lowest BCUT2D eigenvalue weighted by molar-refractivity contribution is -0.139. The Morgan fingerprint density at radius 3 is 2.67 bits per heavy atom. The summed E-state index contributed by atoms with van der Waals surface area (Å²) in [6.07, 6.45) is 0.798. The number of amides is 1. The molecule has 0 radical (unpaired) electrons. The first-order chi connectivity index (χ1) is 14.1. The van der Waals surface area contributed by atoms with Gasteiger partial charge in [-0.2, -0.15) is 13.2 Å². The smallest absolute Gasteiger partial charge is 0.337 e. The van der Waals surface area contributed by atoms with E-state index >= 15 is 0 Å². The molecule has 12 heteroatoms. The van der Waals surface area contributed by atoms with Gasteiger partial charge in [0.15, 0.2) is 0 Å². The molecule has 2 aromatic heterocycles. The number of pyridine rings is 1. The van der Waals surface area contributed by atoms with Gasteiger partial charge >= 0.3 is 6.18 Å². The van der Waals surface area contributed by atoms with Crippen LogP contribution in [0.4, 0.5) is 19.1 Å². The number of nitrogens with one attached hydrogen (secondary N) is 2. The number of hydroxylamine groups is 1. The summed E-state index contributed by atoms with van der Waals surface area (Å²) in [5.74, 6) is 0.0519. The SMILES string of the molecule is CC(ONC(=O)C1=CCN(c2ncc(Br)cn2)CC1)c1c[nH]c(=O)c(C(F)(F)F)c1. The quantitative estimate of drug-likeness (QED) is 0.629. The average molecular weight is 488 g/mol. The molecule has 0 spiro atoms. The number of aromatic nitrogens is 3. The Bertz CT molecular complexity index is 1010. The van der Waals surface area contributed by atoms with Gasteiger partial charge in [0, 0.05) is 42.8 Å². The minimum atomic E-state index is -4.79. The summed E-state index contributed by atoms with van der Waals surface area (Å²) in [6, 6.07) is 0.700. The van der Waals surface area contributed by atoms with Crippen molar-refractivity contribution >= 4 is 27.8 Å². The summed E-state index contributed by atoms with van der Waals surface area (Å²) in [6.45, 7) is 2.40. The van der Waals surface area contributed by atoms with Crippen LogP contribution in [0.1, 0.15) is 30.6 Å². The Hall–Kier alpha value is -2.73. The summed E-state index contributed by atoms with van der Waals surface area (Å²) >= 11 is 3.27. The average Bonchev–Trinajstić information content (AvgIpc) is 2.72. The molecule has 1 unspecified atom stereocenters. The number of hydrogen-bond donors (Lipinski definition) is 2. The lowest BCUT2D eigenvalue weighted by atomic mass is 10.1. The van der Waals surface area contributed by atoms with Crippen LogP contribution in [0, 0.1) is 0 Å². The van der Waals surface area contributed by atoms with E-state index in [2.05, 4.69) is 31.4 Å². The molecule has 0 bridgehead atoms. The summed E-state index contributed by atoms with van der Waals surface area (Å²) in [7, 11) is 0. The van der Waals surface area contributed by atoms with Crippen molar-refractivity contribution in [2.75, 3.05) is 18.0 Å². The van der Waals surface area contributed by atoms with Gasteiger partial charge in [0.25, 0.3) is 11.5 Å². The van der Waals surface area contributed by atoms with Gasteiger partial charge in [0.2, 0.25) is 5.95 Å². The van der Waals surface area contributed by atoms with Crippen LogP contribution in [-0.2, 0) is 15.8 Å². The highest BCUT2D eigenvalue weighted by molar-refractivity contribution is 9.10. The summed E-state index contributed by atoms with van der Waals surface area (Å²) in [4.78, 5) is 41.2. The van der Waals surface area contributed by atoms with E-state index in [9.17, 15) is 22.8 Å². The van der Waals surface area contributed by atoms with E-state index in [0.29, 0.717) is 37.1 Å². The molecule has 8 nitrogen and oxygen atoms in total. The molecule has 0 aliphatic carbocycles. The molecular formula is C18H17BrF3N5O3. The first kappa shape index (κ1) is 22.0. The van der Waals surface area contributed by atoms with Crippen molar-refractivity contribution in [1.82, 2.24) is 20.4 Å². The molecule has 1 aliphatic heterocycles. The van der Waals surface area contributed by atoms with Crippen molar-refractivity contribution in [3.8, 4) is 0 Å². The van der Waals surface area contributed by atoms with E-state index in [0.717, 1.165) is 10.7 Å². The molecule has 2 aromatic rings. The van der Waals surface area contributed by atoms with Crippen molar-refractivity contribution < 1.29 is 22.8 Å². The Morgan fingerprint density at radius 2 is 2.07 bits per heavy atom. The zero-order valence-electron chi connectivity index (χ0n) is 15.7. The molecule has 0 fully saturated rings. The van der Waals surface area contributed by atoms with Crippen molar-refractivity contribution in [2.45, 2.75) is 25.6 Å². The lowest BCUT2D eigenvalue weighted by Gasteiger charge is -2.26. The maximum Gasteiger partial charge on any atom is 0.421 e. The highest BCUT2D eigenvalue weighted by Crippen LogP contribution is 2.28. The molecule has 1 aliphatic rings. The molecule has 0 saturated carbocycles. The molecular weight excluding hydrogens is 471 g/mol. The van der Waals surface area contributed by atoms with Gasteiger partial charge in [-0.3, -0.25) is 14.4 Å². The van der Waals surface area contributed by atoms with Crippen molar-refractivity contribution in [1.29, 1.82) is 0 Å². The van der Waals surface area contributed by atoms with Crippen LogP contribution >= 0.6 is 15.9 Å². The monoisotopic (exact) mass is 487 g/mol. The van der Waals surface area contributed by atoms with E-state index in [1.165, 1.54) is 6.92 Å².